The molecular weight excluding hydrogens is 490 g/mol. The van der Waals surface area contributed by atoms with Crippen LogP contribution >= 0.6 is 31.9 Å². The van der Waals surface area contributed by atoms with Crippen molar-refractivity contribution in [1.82, 2.24) is 4.57 Å². The van der Waals surface area contributed by atoms with Crippen molar-refractivity contribution in [3.63, 3.8) is 0 Å². The van der Waals surface area contributed by atoms with Crippen LogP contribution in [-0.4, -0.2) is 4.57 Å². The Hall–Kier alpha value is -2.56. The summed E-state index contributed by atoms with van der Waals surface area (Å²) in [5.74, 6) is 1.83. The first-order valence-electron chi connectivity index (χ1n) is 9.45. The van der Waals surface area contributed by atoms with Crippen molar-refractivity contribution in [2.24, 2.45) is 0 Å². The van der Waals surface area contributed by atoms with E-state index in [2.05, 4.69) is 109 Å². The van der Waals surface area contributed by atoms with Gasteiger partial charge in [-0.15, -0.1) is 0 Å². The molecule has 5 aromatic rings. The van der Waals surface area contributed by atoms with Gasteiger partial charge in [0.2, 0.25) is 0 Å². The molecular formula is C25H15Br2NO. The summed E-state index contributed by atoms with van der Waals surface area (Å²) in [7, 11) is 0. The molecule has 2 nitrogen and oxygen atoms in total. The third-order valence-electron chi connectivity index (χ3n) is 5.63. The maximum Gasteiger partial charge on any atom is 0.133 e. The number of aromatic nitrogens is 1. The van der Waals surface area contributed by atoms with Gasteiger partial charge in [0.1, 0.15) is 11.5 Å². The van der Waals surface area contributed by atoms with Crippen molar-refractivity contribution >= 4 is 53.7 Å². The topological polar surface area (TPSA) is 14.2 Å². The number of hydrogen-bond acceptors (Lipinski definition) is 1. The van der Waals surface area contributed by atoms with Gasteiger partial charge in [-0.2, -0.15) is 0 Å². The van der Waals surface area contributed by atoms with E-state index < -0.39 is 0 Å². The van der Waals surface area contributed by atoms with Crippen LogP contribution in [0.25, 0.3) is 21.8 Å². The molecule has 1 aliphatic heterocycles. The van der Waals surface area contributed by atoms with E-state index in [1.54, 1.807) is 0 Å². The molecule has 1 aliphatic rings. The Balaban J connectivity index is 1.77. The number of hydrogen-bond donors (Lipinski definition) is 0. The Bertz CT molecular complexity index is 1310. The van der Waals surface area contributed by atoms with E-state index in [0.717, 1.165) is 20.4 Å². The minimum Gasteiger partial charge on any atom is -0.457 e. The Labute approximate surface area is 185 Å². The van der Waals surface area contributed by atoms with Crippen molar-refractivity contribution in [2.75, 3.05) is 0 Å². The van der Waals surface area contributed by atoms with Gasteiger partial charge in [0.05, 0.1) is 17.1 Å². The number of halogens is 2. The van der Waals surface area contributed by atoms with E-state index in [9.17, 15) is 0 Å². The highest BCUT2D eigenvalue weighted by Crippen LogP contribution is 2.47. The lowest BCUT2D eigenvalue weighted by molar-refractivity contribution is 0.438. The summed E-state index contributed by atoms with van der Waals surface area (Å²) in [5.41, 5.74) is 4.77. The number of nitrogens with zero attached hydrogens (tertiary/aromatic N) is 1. The number of fused-ring (bicyclic) bond motifs is 5. The predicted octanol–water partition coefficient (Wildman–Crippen LogP) is 8.06. The molecule has 0 spiro atoms. The maximum absolute atomic E-state index is 6.24. The first kappa shape index (κ1) is 17.3. The predicted molar refractivity (Wildman–Crippen MR) is 125 cm³/mol. The van der Waals surface area contributed by atoms with Gasteiger partial charge < -0.3 is 9.30 Å². The van der Waals surface area contributed by atoms with Gasteiger partial charge in [-0.05, 0) is 48.5 Å². The molecule has 0 atom stereocenters. The second kappa shape index (κ2) is 6.48. The lowest BCUT2D eigenvalue weighted by Crippen LogP contribution is -2.17. The molecule has 0 amide bonds. The van der Waals surface area contributed by atoms with Crippen LogP contribution in [0.4, 0.5) is 0 Å². The summed E-state index contributed by atoms with van der Waals surface area (Å²) >= 11 is 7.31. The molecule has 2 heterocycles. The summed E-state index contributed by atoms with van der Waals surface area (Å²) in [5, 5.41) is 2.47. The van der Waals surface area contributed by atoms with Gasteiger partial charge in [-0.1, -0.05) is 68.3 Å². The fourth-order valence-corrected chi connectivity index (χ4v) is 5.16. The van der Waals surface area contributed by atoms with Crippen molar-refractivity contribution < 1.29 is 4.74 Å². The third kappa shape index (κ3) is 2.59. The molecule has 4 heteroatoms. The van der Waals surface area contributed by atoms with Crippen molar-refractivity contribution in [3.05, 3.63) is 105 Å². The van der Waals surface area contributed by atoms with Gasteiger partial charge in [0.25, 0.3) is 0 Å². The summed E-state index contributed by atoms with van der Waals surface area (Å²) in [6, 6.07) is 29.8. The maximum atomic E-state index is 6.24. The van der Waals surface area contributed by atoms with E-state index >= 15 is 0 Å². The van der Waals surface area contributed by atoms with Crippen LogP contribution in [0.3, 0.4) is 0 Å². The second-order valence-electron chi connectivity index (χ2n) is 7.27. The van der Waals surface area contributed by atoms with Gasteiger partial charge >= 0.3 is 0 Å². The van der Waals surface area contributed by atoms with Gasteiger partial charge in [-0.25, -0.2) is 0 Å². The highest BCUT2D eigenvalue weighted by molar-refractivity contribution is 9.10. The second-order valence-corrected chi connectivity index (χ2v) is 9.10. The summed E-state index contributed by atoms with van der Waals surface area (Å²) in [6.45, 7) is 0. The Morgan fingerprint density at radius 2 is 1.10 bits per heavy atom. The van der Waals surface area contributed by atoms with Gasteiger partial charge in [-0.3, -0.25) is 0 Å². The molecule has 140 valence electrons. The van der Waals surface area contributed by atoms with Crippen LogP contribution in [0.15, 0.2) is 93.9 Å². The van der Waals surface area contributed by atoms with Gasteiger partial charge in [0.15, 0.2) is 0 Å². The lowest BCUT2D eigenvalue weighted by atomic mass is 9.94. The van der Waals surface area contributed by atoms with Gasteiger partial charge in [0, 0.05) is 30.8 Å². The Morgan fingerprint density at radius 1 is 0.621 bits per heavy atom. The number of rotatable bonds is 1. The van der Waals surface area contributed by atoms with Crippen LogP contribution in [0, 0.1) is 0 Å². The minimum absolute atomic E-state index is 0.0403. The van der Waals surface area contributed by atoms with Crippen LogP contribution in [0.2, 0.25) is 0 Å². The lowest BCUT2D eigenvalue weighted by Gasteiger charge is -2.30. The summed E-state index contributed by atoms with van der Waals surface area (Å²) < 4.78 is 10.8. The van der Waals surface area contributed by atoms with Crippen molar-refractivity contribution in [3.8, 4) is 11.5 Å². The minimum atomic E-state index is 0.0403. The van der Waals surface area contributed by atoms with E-state index in [1.807, 2.05) is 12.1 Å². The zero-order chi connectivity index (χ0) is 19.5. The van der Waals surface area contributed by atoms with Crippen molar-refractivity contribution in [2.45, 2.75) is 6.04 Å². The van der Waals surface area contributed by atoms with Crippen LogP contribution in [-0.2, 0) is 0 Å². The zero-order valence-corrected chi connectivity index (χ0v) is 18.4. The first-order chi connectivity index (χ1) is 14.2. The molecule has 29 heavy (non-hydrogen) atoms. The molecule has 0 aliphatic carbocycles. The molecule has 0 unspecified atom stereocenters. The molecule has 1 aromatic heterocycles. The summed E-state index contributed by atoms with van der Waals surface area (Å²) in [4.78, 5) is 0. The van der Waals surface area contributed by atoms with Crippen molar-refractivity contribution in [1.29, 1.82) is 0 Å². The molecule has 0 saturated heterocycles. The Kier molecular flexibility index (Phi) is 3.87. The molecule has 0 saturated carbocycles. The molecule has 0 bridgehead atoms. The first-order valence-corrected chi connectivity index (χ1v) is 11.0. The molecule has 0 N–H and O–H groups in total. The fraction of sp³-hybridized carbons (Fsp3) is 0.0400. The van der Waals surface area contributed by atoms with E-state index in [0.29, 0.717) is 0 Å². The van der Waals surface area contributed by atoms with Crippen LogP contribution < -0.4 is 4.74 Å². The summed E-state index contributed by atoms with van der Waals surface area (Å²) in [6.07, 6.45) is 0. The molecule has 0 radical (unpaired) electrons. The molecule has 4 aromatic carbocycles. The third-order valence-corrected chi connectivity index (χ3v) is 6.62. The Morgan fingerprint density at radius 3 is 1.62 bits per heavy atom. The monoisotopic (exact) mass is 503 g/mol. The standard InChI is InChI=1S/C25H15Br2NO/c26-15-9-11-21-19(13-15)20-14-16(27)10-12-22(20)28(21)25-17-5-1-3-7-23(17)29-24-8-4-2-6-18(24)25/h1-14,25H. The molecule has 6 rings (SSSR count). The fourth-order valence-electron chi connectivity index (χ4n) is 4.44. The largest absolute Gasteiger partial charge is 0.457 e. The van der Waals surface area contributed by atoms with E-state index in [4.69, 9.17) is 4.74 Å². The van der Waals surface area contributed by atoms with E-state index in [-0.39, 0.29) is 6.04 Å². The smallest absolute Gasteiger partial charge is 0.133 e. The highest BCUT2D eigenvalue weighted by atomic mass is 79.9. The molecule has 0 fully saturated rings. The SMILES string of the molecule is Brc1ccc2c(c1)c1cc(Br)ccc1n2C1c2ccccc2Oc2ccccc21. The number of para-hydroxylation sites is 2. The normalized spacial score (nSPS) is 13.3. The number of ether oxygens (including phenoxy) is 1. The number of benzene rings is 4. The van der Waals surface area contributed by atoms with E-state index in [1.165, 1.54) is 32.9 Å². The quantitative estimate of drug-likeness (QED) is 0.221. The van der Waals surface area contributed by atoms with Crippen LogP contribution in [0.5, 0.6) is 11.5 Å². The zero-order valence-electron chi connectivity index (χ0n) is 15.3. The average Bonchev–Trinajstić information content (AvgIpc) is 3.04. The highest BCUT2D eigenvalue weighted by Gasteiger charge is 2.30. The van der Waals surface area contributed by atoms with Crippen LogP contribution in [0.1, 0.15) is 17.2 Å². The average molecular weight is 505 g/mol.